The van der Waals surface area contributed by atoms with Crippen LogP contribution >= 0.6 is 7.82 Å². The van der Waals surface area contributed by atoms with Crippen molar-refractivity contribution in [3.8, 4) is 0 Å². The van der Waals surface area contributed by atoms with E-state index in [9.17, 15) is 29.6 Å². The van der Waals surface area contributed by atoms with Crippen molar-refractivity contribution in [2.24, 2.45) is 0 Å². The van der Waals surface area contributed by atoms with Crippen LogP contribution in [0.25, 0.3) is 22.3 Å². The highest BCUT2D eigenvalue weighted by atomic mass is 31.2. The van der Waals surface area contributed by atoms with Crippen molar-refractivity contribution in [3.05, 3.63) is 29.3 Å². The first kappa shape index (κ1) is 29.4. The molecule has 0 saturated carbocycles. The summed E-state index contributed by atoms with van der Waals surface area (Å²) >= 11 is 0. The number of alkyl halides is 1. The molecule has 2 fully saturated rings. The number of hydrogen-bond acceptors (Lipinski definition) is 16. The standard InChI is InChI=1S/C21H26FN10O10P/c22-9-7(1-2-33)40-20(32-6-28-11-17(32)29-21(24)30-18(11)36)14(9)42-43(37,38)39-3-8-12(34)13(35)19(41-8)31-5-27-10-15(23)25-4-26-16(10)31/h4-9,12-14,19-20,33-35H,1-3H2,(H,37,38)(H2,23,25,26)(H3,24,29,30,36)/t7-,8-,9+,12-,13-,14-,19-,20-/m1/s1. The van der Waals surface area contributed by atoms with E-state index in [2.05, 4.69) is 29.9 Å². The van der Waals surface area contributed by atoms with Crippen LogP contribution in [0, 0.1) is 0 Å². The van der Waals surface area contributed by atoms with Crippen LogP contribution in [0.4, 0.5) is 16.2 Å². The van der Waals surface area contributed by atoms with Gasteiger partial charge < -0.3 is 41.2 Å². The Hall–Kier alpha value is -3.66. The summed E-state index contributed by atoms with van der Waals surface area (Å²) < 4.78 is 52.5. The Morgan fingerprint density at radius 2 is 1.72 bits per heavy atom. The second kappa shape index (κ2) is 11.1. The largest absolute Gasteiger partial charge is 0.472 e. The van der Waals surface area contributed by atoms with E-state index in [-0.39, 0.29) is 40.5 Å². The Kier molecular flexibility index (Phi) is 7.61. The third-order valence-corrected chi connectivity index (χ3v) is 8.04. The summed E-state index contributed by atoms with van der Waals surface area (Å²) in [4.78, 5) is 44.9. The van der Waals surface area contributed by atoms with Gasteiger partial charge in [0.25, 0.3) is 5.56 Å². The number of ether oxygens (including phenoxy) is 2. The average Bonchev–Trinajstić information content (AvgIpc) is 3.71. The van der Waals surface area contributed by atoms with Crippen LogP contribution in [-0.4, -0.2) is 109 Å². The zero-order valence-corrected chi connectivity index (χ0v) is 22.7. The first-order chi connectivity index (χ1) is 20.5. The van der Waals surface area contributed by atoms with Crippen LogP contribution in [0.15, 0.2) is 23.8 Å². The molecule has 6 rings (SSSR count). The third kappa shape index (κ3) is 5.24. The lowest BCUT2D eigenvalue weighted by molar-refractivity contribution is -0.0596. The minimum absolute atomic E-state index is 0.0753. The summed E-state index contributed by atoms with van der Waals surface area (Å²) in [7, 11) is -5.13. The van der Waals surface area contributed by atoms with E-state index in [4.69, 9.17) is 30.0 Å². The fourth-order valence-electron chi connectivity index (χ4n) is 5.02. The number of anilines is 2. The zero-order chi connectivity index (χ0) is 30.6. The number of imidazole rings is 2. The van der Waals surface area contributed by atoms with Gasteiger partial charge in [0.2, 0.25) is 5.95 Å². The number of H-pyrrole nitrogens is 1. The van der Waals surface area contributed by atoms with Crippen molar-refractivity contribution in [1.29, 1.82) is 0 Å². The van der Waals surface area contributed by atoms with Gasteiger partial charge in [-0.25, -0.2) is 28.9 Å². The fourth-order valence-corrected chi connectivity index (χ4v) is 5.95. The lowest BCUT2D eigenvalue weighted by atomic mass is 10.1. The van der Waals surface area contributed by atoms with E-state index in [0.29, 0.717) is 0 Å². The molecule has 4 aromatic heterocycles. The number of aliphatic hydroxyl groups excluding tert-OH is 3. The number of aliphatic hydroxyl groups is 3. The van der Waals surface area contributed by atoms with Crippen molar-refractivity contribution < 1.29 is 47.7 Å². The highest BCUT2D eigenvalue weighted by molar-refractivity contribution is 7.47. The number of rotatable bonds is 9. The predicted octanol–water partition coefficient (Wildman–Crippen LogP) is -2.14. The Labute approximate surface area is 238 Å². The molecule has 4 aromatic rings. The van der Waals surface area contributed by atoms with E-state index in [1.165, 1.54) is 17.2 Å². The molecule has 2 saturated heterocycles. The monoisotopic (exact) mass is 628 g/mol. The molecule has 22 heteroatoms. The van der Waals surface area contributed by atoms with E-state index >= 15 is 4.39 Å². The summed E-state index contributed by atoms with van der Waals surface area (Å²) in [5.74, 6) is -0.198. The molecule has 1 unspecified atom stereocenters. The van der Waals surface area contributed by atoms with Crippen molar-refractivity contribution in [1.82, 2.24) is 39.0 Å². The second-order valence-corrected chi connectivity index (χ2v) is 11.2. The van der Waals surface area contributed by atoms with Crippen molar-refractivity contribution in [2.45, 2.75) is 55.6 Å². The van der Waals surface area contributed by atoms with Gasteiger partial charge in [-0.2, -0.15) is 4.98 Å². The van der Waals surface area contributed by atoms with Gasteiger partial charge >= 0.3 is 7.82 Å². The normalized spacial score (nSPS) is 30.8. The third-order valence-electron chi connectivity index (χ3n) is 7.06. The Morgan fingerprint density at radius 3 is 2.47 bits per heavy atom. The van der Waals surface area contributed by atoms with E-state index in [1.54, 1.807) is 0 Å². The molecule has 9 N–H and O–H groups in total. The van der Waals surface area contributed by atoms with Gasteiger partial charge in [0.15, 0.2) is 41.3 Å². The van der Waals surface area contributed by atoms with Gasteiger partial charge in [-0.05, 0) is 6.42 Å². The second-order valence-electron chi connectivity index (χ2n) is 9.76. The number of halogens is 1. The smallest absolute Gasteiger partial charge is 0.396 e. The topological polar surface area (TPSA) is 294 Å². The Morgan fingerprint density at radius 1 is 1.02 bits per heavy atom. The summed E-state index contributed by atoms with van der Waals surface area (Å²) in [5.41, 5.74) is 10.9. The number of fused-ring (bicyclic) bond motifs is 2. The highest BCUT2D eigenvalue weighted by Gasteiger charge is 2.51. The molecule has 232 valence electrons. The van der Waals surface area contributed by atoms with Crippen LogP contribution in [0.1, 0.15) is 18.9 Å². The number of hydrogen-bond donors (Lipinski definition) is 7. The molecule has 0 radical (unpaired) electrons. The minimum Gasteiger partial charge on any atom is -0.396 e. The van der Waals surface area contributed by atoms with Crippen LogP contribution in [0.3, 0.4) is 0 Å². The van der Waals surface area contributed by atoms with Gasteiger partial charge in [0, 0.05) is 6.61 Å². The van der Waals surface area contributed by atoms with Crippen molar-refractivity contribution in [2.75, 3.05) is 24.7 Å². The number of aromatic nitrogens is 8. The summed E-state index contributed by atoms with van der Waals surface area (Å²) in [6.45, 7) is -1.25. The molecule has 2 aliphatic heterocycles. The lowest BCUT2D eigenvalue weighted by Crippen LogP contribution is -2.34. The van der Waals surface area contributed by atoms with Gasteiger partial charge in [-0.3, -0.25) is 28.0 Å². The number of nitrogen functional groups attached to an aromatic ring is 2. The van der Waals surface area contributed by atoms with Crippen molar-refractivity contribution >= 4 is 41.9 Å². The van der Waals surface area contributed by atoms with E-state index < -0.39 is 75.7 Å². The molecule has 0 aromatic carbocycles. The van der Waals surface area contributed by atoms with E-state index in [0.717, 1.165) is 10.9 Å². The van der Waals surface area contributed by atoms with Crippen molar-refractivity contribution in [3.63, 3.8) is 0 Å². The van der Waals surface area contributed by atoms with Crippen LogP contribution in [0.2, 0.25) is 0 Å². The first-order valence-electron chi connectivity index (χ1n) is 12.7. The number of nitrogens with zero attached hydrogens (tertiary/aromatic N) is 7. The lowest BCUT2D eigenvalue weighted by Gasteiger charge is -2.24. The predicted molar refractivity (Wildman–Crippen MR) is 139 cm³/mol. The molecule has 43 heavy (non-hydrogen) atoms. The molecular formula is C21H26FN10O10P. The SMILES string of the molecule is Nc1nc2c(ncn2[C@@H]2O[C@H](CCO)[C@H](F)[C@H]2OP(=O)(O)OC[C@H]2O[C@@H](n3cnc4c(N)ncnc43)[C@H](O)[C@@H]2O)c(=O)[nH]1. The average molecular weight is 628 g/mol. The quantitative estimate of drug-likeness (QED) is 0.0973. The summed E-state index contributed by atoms with van der Waals surface area (Å²) in [6, 6.07) is 0. The number of nitrogens with one attached hydrogen (secondary N) is 1. The molecule has 0 aliphatic carbocycles. The molecule has 9 atom stereocenters. The van der Waals surface area contributed by atoms with Gasteiger partial charge in [0.1, 0.15) is 36.3 Å². The van der Waals surface area contributed by atoms with Gasteiger partial charge in [-0.1, -0.05) is 0 Å². The van der Waals surface area contributed by atoms with Crippen LogP contribution < -0.4 is 17.0 Å². The molecule has 0 amide bonds. The number of phosphoric acid groups is 1. The summed E-state index contributed by atoms with van der Waals surface area (Å²) in [6.07, 6.45) is -9.04. The maximum atomic E-state index is 15.5. The van der Waals surface area contributed by atoms with Gasteiger partial charge in [-0.15, -0.1) is 0 Å². The van der Waals surface area contributed by atoms with Gasteiger partial charge in [0.05, 0.1) is 25.4 Å². The fraction of sp³-hybridized carbons (Fsp3) is 0.524. The maximum Gasteiger partial charge on any atom is 0.472 e. The number of aromatic amines is 1. The van der Waals surface area contributed by atoms with Crippen LogP contribution in [-0.2, 0) is 23.1 Å². The number of phosphoric ester groups is 1. The Balaban J connectivity index is 1.19. The molecular weight excluding hydrogens is 602 g/mol. The molecule has 6 heterocycles. The Bertz CT molecular complexity index is 1750. The molecule has 20 nitrogen and oxygen atoms in total. The van der Waals surface area contributed by atoms with Crippen LogP contribution in [0.5, 0.6) is 0 Å². The first-order valence-corrected chi connectivity index (χ1v) is 14.2. The molecule has 0 bridgehead atoms. The zero-order valence-electron chi connectivity index (χ0n) is 21.8. The maximum absolute atomic E-state index is 15.5. The summed E-state index contributed by atoms with van der Waals surface area (Å²) in [5, 5.41) is 30.5. The molecule has 2 aliphatic rings. The molecule has 0 spiro atoms. The number of nitrogens with two attached hydrogens (primary N) is 2. The highest BCUT2D eigenvalue weighted by Crippen LogP contribution is 2.51. The minimum atomic E-state index is -5.13. The van der Waals surface area contributed by atoms with E-state index in [1.807, 2.05) is 0 Å².